The van der Waals surface area contributed by atoms with E-state index in [9.17, 15) is 9.59 Å². The van der Waals surface area contributed by atoms with E-state index >= 15 is 0 Å². The van der Waals surface area contributed by atoms with E-state index in [0.717, 1.165) is 6.42 Å². The van der Waals surface area contributed by atoms with Gasteiger partial charge in [0.1, 0.15) is 0 Å². The van der Waals surface area contributed by atoms with E-state index in [1.165, 1.54) is 0 Å². The van der Waals surface area contributed by atoms with Crippen LogP contribution in [0.3, 0.4) is 0 Å². The maximum absolute atomic E-state index is 12.3. The Hall–Kier alpha value is -0.900. The number of ketones is 1. The van der Waals surface area contributed by atoms with Gasteiger partial charge in [0.25, 0.3) is 0 Å². The first-order chi connectivity index (χ1) is 8.72. The van der Waals surface area contributed by atoms with Gasteiger partial charge >= 0.3 is 0 Å². The highest BCUT2D eigenvalue weighted by Gasteiger charge is 2.29. The zero-order valence-electron chi connectivity index (χ0n) is 13.5. The maximum atomic E-state index is 12.3. The number of Topliss-reactive ketones (excluding diaryl/α,β-unsaturated/α-hetero) is 1. The average molecular weight is 270 g/mol. The van der Waals surface area contributed by atoms with Crippen LogP contribution in [0.2, 0.25) is 0 Å². The molecule has 0 aliphatic rings. The van der Waals surface area contributed by atoms with Gasteiger partial charge in [0.05, 0.1) is 12.1 Å². The predicted octanol–water partition coefficient (Wildman–Crippen LogP) is 2.08. The number of nitrogens with zero attached hydrogens (tertiary/aromatic N) is 1. The van der Waals surface area contributed by atoms with Crippen molar-refractivity contribution < 1.29 is 9.59 Å². The molecule has 112 valence electrons. The average Bonchev–Trinajstić information content (AvgIpc) is 2.24. The summed E-state index contributed by atoms with van der Waals surface area (Å²) in [6.07, 6.45) is 1.34. The van der Waals surface area contributed by atoms with Gasteiger partial charge in [-0.1, -0.05) is 34.6 Å². The normalized spacial score (nSPS) is 14.8. The number of rotatable bonds is 8. The summed E-state index contributed by atoms with van der Waals surface area (Å²) in [6, 6.07) is -0.565. The van der Waals surface area contributed by atoms with Crippen molar-refractivity contribution in [3.05, 3.63) is 0 Å². The van der Waals surface area contributed by atoms with Crippen molar-refractivity contribution in [3.8, 4) is 0 Å². The molecule has 1 unspecified atom stereocenters. The Morgan fingerprint density at radius 1 is 1.05 bits per heavy atom. The van der Waals surface area contributed by atoms with Crippen LogP contribution >= 0.6 is 0 Å². The molecule has 0 aromatic heterocycles. The van der Waals surface area contributed by atoms with Crippen molar-refractivity contribution in [2.24, 2.45) is 11.8 Å². The molecule has 4 heteroatoms. The third-order valence-corrected chi connectivity index (χ3v) is 3.26. The minimum atomic E-state index is -0.367. The third kappa shape index (κ3) is 5.72. The Labute approximate surface area is 117 Å². The molecule has 0 fully saturated rings. The zero-order chi connectivity index (χ0) is 15.2. The van der Waals surface area contributed by atoms with E-state index in [1.807, 2.05) is 53.6 Å². The van der Waals surface area contributed by atoms with E-state index in [2.05, 4.69) is 5.32 Å². The lowest BCUT2D eigenvalue weighted by molar-refractivity contribution is -0.132. The van der Waals surface area contributed by atoms with Gasteiger partial charge in [-0.05, 0) is 32.4 Å². The van der Waals surface area contributed by atoms with Crippen molar-refractivity contribution in [2.75, 3.05) is 14.1 Å². The molecule has 0 spiro atoms. The molecule has 0 rings (SSSR count). The fourth-order valence-corrected chi connectivity index (χ4v) is 2.39. The molecule has 0 saturated carbocycles. The molecule has 19 heavy (non-hydrogen) atoms. The first-order valence-corrected chi connectivity index (χ1v) is 7.21. The molecule has 0 heterocycles. The number of likely N-dealkylation sites (N-methyl/N-ethyl adjacent to an activating group) is 1. The monoisotopic (exact) mass is 270 g/mol. The lowest BCUT2D eigenvalue weighted by atomic mass is 9.95. The van der Waals surface area contributed by atoms with E-state index in [-0.39, 0.29) is 35.6 Å². The standard InChI is InChI=1S/C15H30N2O2/c1-8-9-12(18)13(10(2)3)16-15(19)14(11(4)5)17(6)7/h10-11,13-14H,8-9H2,1-7H3,(H,16,19)/t13-,14?/m0/s1. The van der Waals surface area contributed by atoms with Gasteiger partial charge in [-0.25, -0.2) is 0 Å². The summed E-state index contributed by atoms with van der Waals surface area (Å²) in [5, 5.41) is 2.93. The number of carbonyl (C=O) groups excluding carboxylic acids is 2. The largest absolute Gasteiger partial charge is 0.345 e. The van der Waals surface area contributed by atoms with Crippen LogP contribution in [0.5, 0.6) is 0 Å². The Morgan fingerprint density at radius 3 is 1.89 bits per heavy atom. The quantitative estimate of drug-likeness (QED) is 0.734. The predicted molar refractivity (Wildman–Crippen MR) is 79.0 cm³/mol. The van der Waals surface area contributed by atoms with Crippen molar-refractivity contribution in [2.45, 2.75) is 59.5 Å². The third-order valence-electron chi connectivity index (χ3n) is 3.26. The molecule has 0 bridgehead atoms. The molecule has 4 nitrogen and oxygen atoms in total. The van der Waals surface area contributed by atoms with Crippen molar-refractivity contribution in [1.29, 1.82) is 0 Å². The second kappa shape index (κ2) is 8.31. The minimum absolute atomic E-state index is 0.0526. The number of carbonyl (C=O) groups is 2. The summed E-state index contributed by atoms with van der Waals surface area (Å²) in [4.78, 5) is 26.3. The second-order valence-corrected chi connectivity index (χ2v) is 6.10. The van der Waals surface area contributed by atoms with Crippen LogP contribution in [0.25, 0.3) is 0 Å². The fraction of sp³-hybridized carbons (Fsp3) is 0.867. The molecule has 0 aromatic carbocycles. The fourth-order valence-electron chi connectivity index (χ4n) is 2.39. The minimum Gasteiger partial charge on any atom is -0.345 e. The molecule has 2 atom stereocenters. The summed E-state index contributed by atoms with van der Waals surface area (Å²) >= 11 is 0. The van der Waals surface area contributed by atoms with E-state index in [1.54, 1.807) is 0 Å². The summed E-state index contributed by atoms with van der Waals surface area (Å²) in [7, 11) is 3.78. The van der Waals surface area contributed by atoms with Gasteiger partial charge in [-0.15, -0.1) is 0 Å². The highest BCUT2D eigenvalue weighted by molar-refractivity contribution is 5.91. The number of hydrogen-bond donors (Lipinski definition) is 1. The van der Waals surface area contributed by atoms with E-state index in [0.29, 0.717) is 6.42 Å². The van der Waals surface area contributed by atoms with Crippen LogP contribution in [0.4, 0.5) is 0 Å². The zero-order valence-corrected chi connectivity index (χ0v) is 13.5. The lowest BCUT2D eigenvalue weighted by Crippen LogP contribution is -2.53. The molecule has 0 aromatic rings. The van der Waals surface area contributed by atoms with Crippen LogP contribution in [0.15, 0.2) is 0 Å². The Balaban J connectivity index is 4.84. The number of amides is 1. The summed E-state index contributed by atoms with van der Waals surface area (Å²) in [5.41, 5.74) is 0. The Morgan fingerprint density at radius 2 is 1.58 bits per heavy atom. The molecular weight excluding hydrogens is 240 g/mol. The van der Waals surface area contributed by atoms with Crippen LogP contribution in [0, 0.1) is 11.8 Å². The summed E-state index contributed by atoms with van der Waals surface area (Å²) in [5.74, 6) is 0.414. The molecular formula is C15H30N2O2. The van der Waals surface area contributed by atoms with Gasteiger partial charge in [0.2, 0.25) is 5.91 Å². The molecule has 0 radical (unpaired) electrons. The van der Waals surface area contributed by atoms with Gasteiger partial charge in [-0.3, -0.25) is 14.5 Å². The van der Waals surface area contributed by atoms with Gasteiger partial charge in [0, 0.05) is 6.42 Å². The van der Waals surface area contributed by atoms with E-state index < -0.39 is 0 Å². The summed E-state index contributed by atoms with van der Waals surface area (Å²) in [6.45, 7) is 9.95. The van der Waals surface area contributed by atoms with Crippen LogP contribution in [-0.2, 0) is 9.59 Å². The van der Waals surface area contributed by atoms with Crippen LogP contribution in [-0.4, -0.2) is 42.8 Å². The van der Waals surface area contributed by atoms with Crippen molar-refractivity contribution in [3.63, 3.8) is 0 Å². The lowest BCUT2D eigenvalue weighted by Gasteiger charge is -2.30. The molecule has 1 N–H and O–H groups in total. The molecule has 1 amide bonds. The number of nitrogens with one attached hydrogen (secondary N) is 1. The number of hydrogen-bond acceptors (Lipinski definition) is 3. The smallest absolute Gasteiger partial charge is 0.238 e. The van der Waals surface area contributed by atoms with E-state index in [4.69, 9.17) is 0 Å². The first kappa shape index (κ1) is 18.1. The summed E-state index contributed by atoms with van der Waals surface area (Å²) < 4.78 is 0. The molecule has 0 aliphatic heterocycles. The van der Waals surface area contributed by atoms with Crippen molar-refractivity contribution >= 4 is 11.7 Å². The second-order valence-electron chi connectivity index (χ2n) is 6.10. The topological polar surface area (TPSA) is 49.4 Å². The van der Waals surface area contributed by atoms with Crippen LogP contribution < -0.4 is 5.32 Å². The van der Waals surface area contributed by atoms with Gasteiger partial charge in [-0.2, -0.15) is 0 Å². The first-order valence-electron chi connectivity index (χ1n) is 7.21. The SMILES string of the molecule is CCCC(=O)[C@@H](NC(=O)C(C(C)C)N(C)C)C(C)C. The maximum Gasteiger partial charge on any atom is 0.238 e. The Bertz CT molecular complexity index is 291. The molecule has 0 saturated heterocycles. The van der Waals surface area contributed by atoms with Gasteiger partial charge < -0.3 is 5.32 Å². The van der Waals surface area contributed by atoms with Gasteiger partial charge in [0.15, 0.2) is 5.78 Å². The van der Waals surface area contributed by atoms with Crippen molar-refractivity contribution in [1.82, 2.24) is 10.2 Å². The van der Waals surface area contributed by atoms with Crippen LogP contribution in [0.1, 0.15) is 47.5 Å². The Kier molecular flexibility index (Phi) is 7.91. The molecule has 0 aliphatic carbocycles. The highest BCUT2D eigenvalue weighted by atomic mass is 16.2. The highest BCUT2D eigenvalue weighted by Crippen LogP contribution is 2.11.